The topological polar surface area (TPSA) is 129 Å². The van der Waals surface area contributed by atoms with Crippen LogP contribution in [0.1, 0.15) is 53.2 Å². The van der Waals surface area contributed by atoms with Crippen LogP contribution in [0.2, 0.25) is 0 Å². The molecule has 2 amide bonds. The van der Waals surface area contributed by atoms with Crippen molar-refractivity contribution >= 4 is 28.5 Å². The number of nitrogens with zero attached hydrogens (tertiary/aromatic N) is 6. The number of aromatic nitrogens is 5. The van der Waals surface area contributed by atoms with Crippen LogP contribution in [0.3, 0.4) is 0 Å². The molecule has 2 aliphatic rings. The summed E-state index contributed by atoms with van der Waals surface area (Å²) in [4.78, 5) is 39.0. The van der Waals surface area contributed by atoms with Crippen LogP contribution in [-0.4, -0.2) is 42.7 Å². The number of pyridine rings is 1. The van der Waals surface area contributed by atoms with E-state index in [0.29, 0.717) is 40.2 Å². The fourth-order valence-corrected chi connectivity index (χ4v) is 5.72. The van der Waals surface area contributed by atoms with Crippen molar-refractivity contribution in [3.05, 3.63) is 95.3 Å². The van der Waals surface area contributed by atoms with Crippen LogP contribution in [0.15, 0.2) is 61.1 Å². The first-order valence-corrected chi connectivity index (χ1v) is 14.4. The van der Waals surface area contributed by atoms with E-state index in [4.69, 9.17) is 15.5 Å². The van der Waals surface area contributed by atoms with Crippen LogP contribution in [0.5, 0.6) is 5.75 Å². The summed E-state index contributed by atoms with van der Waals surface area (Å²) < 4.78 is 63.4. The number of halogens is 4. The van der Waals surface area contributed by atoms with Gasteiger partial charge in [-0.3, -0.25) is 14.5 Å². The Labute approximate surface area is 258 Å². The van der Waals surface area contributed by atoms with E-state index < -0.39 is 30.3 Å². The Morgan fingerprint density at radius 1 is 1.07 bits per heavy atom. The normalized spacial score (nSPS) is 16.3. The van der Waals surface area contributed by atoms with Crippen LogP contribution >= 0.6 is 0 Å². The quantitative estimate of drug-likeness (QED) is 0.229. The number of carbonyl (C=O) groups is 2. The maximum Gasteiger partial charge on any atom is 0.482 e. The first-order valence-electron chi connectivity index (χ1n) is 14.4. The van der Waals surface area contributed by atoms with E-state index in [-0.39, 0.29) is 34.7 Å². The SMILES string of the molecule is C[C@@H](c1ccc(F)cc1)n1ncc2c(-c3ccc4c(c3)OC(F)(F)C(=O)N4Cc3ncc(F)cn3)c(C(N)=O)c(CC3CC3)nc21. The zero-order valence-corrected chi connectivity index (χ0v) is 24.3. The lowest BCUT2D eigenvalue weighted by Crippen LogP contribution is -2.50. The minimum Gasteiger partial charge on any atom is -0.423 e. The van der Waals surface area contributed by atoms with Gasteiger partial charge in [-0.05, 0) is 67.5 Å². The summed E-state index contributed by atoms with van der Waals surface area (Å²) in [7, 11) is 0. The molecule has 0 spiro atoms. The van der Waals surface area contributed by atoms with Gasteiger partial charge in [0.2, 0.25) is 0 Å². The Balaban J connectivity index is 1.39. The van der Waals surface area contributed by atoms with Crippen molar-refractivity contribution in [2.24, 2.45) is 11.7 Å². The van der Waals surface area contributed by atoms with Crippen LogP contribution < -0.4 is 15.4 Å². The molecule has 0 radical (unpaired) electrons. The van der Waals surface area contributed by atoms with Gasteiger partial charge in [-0.25, -0.2) is 28.4 Å². The second-order valence-corrected chi connectivity index (χ2v) is 11.4. The number of fused-ring (bicyclic) bond motifs is 2. The fourth-order valence-electron chi connectivity index (χ4n) is 5.72. The molecule has 14 heteroatoms. The van der Waals surface area contributed by atoms with Crippen molar-refractivity contribution in [2.45, 2.75) is 44.9 Å². The van der Waals surface area contributed by atoms with Gasteiger partial charge in [0.05, 0.1) is 48.1 Å². The lowest BCUT2D eigenvalue weighted by Gasteiger charge is -2.33. The first kappa shape index (κ1) is 29.3. The maximum absolute atomic E-state index is 14.9. The van der Waals surface area contributed by atoms with Gasteiger partial charge in [-0.2, -0.15) is 13.9 Å². The second-order valence-electron chi connectivity index (χ2n) is 11.4. The second kappa shape index (κ2) is 10.9. The number of anilines is 1. The molecule has 0 saturated heterocycles. The number of alkyl halides is 2. The van der Waals surface area contributed by atoms with Crippen molar-refractivity contribution in [1.82, 2.24) is 24.7 Å². The van der Waals surface area contributed by atoms with Gasteiger partial charge >= 0.3 is 12.0 Å². The molecule has 4 heterocycles. The third-order valence-electron chi connectivity index (χ3n) is 8.21. The molecular weight excluding hydrogens is 606 g/mol. The molecule has 2 aromatic carbocycles. The zero-order valence-electron chi connectivity index (χ0n) is 24.3. The highest BCUT2D eigenvalue weighted by molar-refractivity contribution is 6.09. The van der Waals surface area contributed by atoms with E-state index in [9.17, 15) is 27.2 Å². The van der Waals surface area contributed by atoms with E-state index in [2.05, 4.69) is 15.1 Å². The molecule has 1 saturated carbocycles. The summed E-state index contributed by atoms with van der Waals surface area (Å²) >= 11 is 0. The highest BCUT2D eigenvalue weighted by Gasteiger charge is 2.51. The van der Waals surface area contributed by atoms with Crippen molar-refractivity contribution < 1.29 is 31.9 Å². The fraction of sp³-hybridized carbons (Fsp3) is 0.250. The summed E-state index contributed by atoms with van der Waals surface area (Å²) in [5, 5.41) is 4.99. The Bertz CT molecular complexity index is 2010. The monoisotopic (exact) mass is 631 g/mol. The molecule has 2 N–H and O–H groups in total. The molecule has 0 bridgehead atoms. The molecule has 1 aliphatic carbocycles. The number of carbonyl (C=O) groups excluding carboxylic acids is 2. The Kier molecular flexibility index (Phi) is 6.94. The highest BCUT2D eigenvalue weighted by Crippen LogP contribution is 2.45. The van der Waals surface area contributed by atoms with Gasteiger partial charge in [-0.15, -0.1) is 0 Å². The number of nitrogens with two attached hydrogens (primary N) is 1. The summed E-state index contributed by atoms with van der Waals surface area (Å²) in [6.07, 6.45) is 1.40. The predicted molar refractivity (Wildman–Crippen MR) is 157 cm³/mol. The summed E-state index contributed by atoms with van der Waals surface area (Å²) in [5.74, 6) is -3.62. The number of rotatable bonds is 8. The van der Waals surface area contributed by atoms with Crippen molar-refractivity contribution in [3.63, 3.8) is 0 Å². The van der Waals surface area contributed by atoms with Gasteiger partial charge in [0, 0.05) is 10.9 Å². The van der Waals surface area contributed by atoms with Crippen molar-refractivity contribution in [2.75, 3.05) is 4.90 Å². The van der Waals surface area contributed by atoms with E-state index >= 15 is 0 Å². The summed E-state index contributed by atoms with van der Waals surface area (Å²) in [6, 6.07) is 9.86. The summed E-state index contributed by atoms with van der Waals surface area (Å²) in [6.45, 7) is 1.39. The number of amides is 2. The minimum atomic E-state index is -4.24. The third kappa shape index (κ3) is 5.18. The smallest absolute Gasteiger partial charge is 0.423 e. The van der Waals surface area contributed by atoms with Crippen molar-refractivity contribution in [3.8, 4) is 16.9 Å². The average Bonchev–Trinajstić information content (AvgIpc) is 3.74. The molecule has 10 nitrogen and oxygen atoms in total. The first-order chi connectivity index (χ1) is 22.0. The number of benzene rings is 2. The molecular formula is C32H25F4N7O3. The average molecular weight is 632 g/mol. The van der Waals surface area contributed by atoms with Crippen LogP contribution in [0.25, 0.3) is 22.2 Å². The molecule has 46 heavy (non-hydrogen) atoms. The molecule has 3 aromatic heterocycles. The molecule has 234 valence electrons. The van der Waals surface area contributed by atoms with E-state index in [1.165, 1.54) is 30.5 Å². The van der Waals surface area contributed by atoms with Gasteiger partial charge in [-0.1, -0.05) is 18.2 Å². The van der Waals surface area contributed by atoms with Gasteiger partial charge in [0.15, 0.2) is 17.2 Å². The van der Waals surface area contributed by atoms with E-state index in [0.717, 1.165) is 35.7 Å². The highest BCUT2D eigenvalue weighted by atomic mass is 19.3. The number of primary amides is 1. The van der Waals surface area contributed by atoms with Crippen molar-refractivity contribution in [1.29, 1.82) is 0 Å². The Morgan fingerprint density at radius 2 is 1.78 bits per heavy atom. The molecule has 7 rings (SSSR count). The predicted octanol–water partition coefficient (Wildman–Crippen LogP) is 5.35. The Morgan fingerprint density at radius 3 is 2.46 bits per heavy atom. The molecule has 5 aromatic rings. The van der Waals surface area contributed by atoms with Gasteiger partial charge < -0.3 is 10.5 Å². The standard InChI is InChI=1S/C32H25F4N7O3/c1-16(18-4-7-20(33)8-5-18)43-30-22(14-40-43)27(28(29(37)44)23(41-30)10-17-2-3-17)19-6-9-24-25(11-19)46-32(35,36)31(45)42(24)15-26-38-12-21(34)13-39-26/h4-9,11-14,16-17H,2-3,10,15H2,1H3,(H2,37,44)/t16-/m0/s1. The third-order valence-corrected chi connectivity index (χ3v) is 8.21. The van der Waals surface area contributed by atoms with Crippen LogP contribution in [0, 0.1) is 17.6 Å². The van der Waals surface area contributed by atoms with E-state index in [1.807, 2.05) is 6.92 Å². The number of hydrogen-bond acceptors (Lipinski definition) is 7. The lowest BCUT2D eigenvalue weighted by atomic mass is 9.93. The van der Waals surface area contributed by atoms with Gasteiger partial charge in [0.1, 0.15) is 11.6 Å². The number of hydrogen-bond donors (Lipinski definition) is 1. The largest absolute Gasteiger partial charge is 0.482 e. The molecule has 0 unspecified atom stereocenters. The molecule has 1 fully saturated rings. The lowest BCUT2D eigenvalue weighted by molar-refractivity contribution is -0.193. The number of ether oxygens (including phenoxy) is 1. The summed E-state index contributed by atoms with van der Waals surface area (Å²) in [5.41, 5.74) is 8.32. The zero-order chi connectivity index (χ0) is 32.3. The molecule has 1 atom stereocenters. The van der Waals surface area contributed by atoms with Gasteiger partial charge in [0.25, 0.3) is 5.91 Å². The van der Waals surface area contributed by atoms with Crippen LogP contribution in [-0.2, 0) is 17.8 Å². The molecule has 1 aliphatic heterocycles. The van der Waals surface area contributed by atoms with Crippen LogP contribution in [0.4, 0.5) is 23.2 Å². The Hall–Kier alpha value is -5.40. The van der Waals surface area contributed by atoms with E-state index in [1.54, 1.807) is 22.9 Å². The minimum absolute atomic E-state index is 0.00245. The maximum atomic E-state index is 14.9.